The van der Waals surface area contributed by atoms with Gasteiger partial charge in [-0.05, 0) is 98.8 Å². The van der Waals surface area contributed by atoms with Crippen molar-refractivity contribution < 1.29 is 0 Å². The highest BCUT2D eigenvalue weighted by Crippen LogP contribution is 2.37. The van der Waals surface area contributed by atoms with Gasteiger partial charge in [0.05, 0.1) is 11.0 Å². The summed E-state index contributed by atoms with van der Waals surface area (Å²) in [6.07, 6.45) is 0. The molecule has 0 aliphatic heterocycles. The van der Waals surface area contributed by atoms with Gasteiger partial charge in [0.25, 0.3) is 0 Å². The van der Waals surface area contributed by atoms with Crippen LogP contribution in [0, 0.1) is 0 Å². The van der Waals surface area contributed by atoms with E-state index in [1.165, 1.54) is 66.0 Å². The second-order valence-corrected chi connectivity index (χ2v) is 12.3. The highest BCUT2D eigenvalue weighted by molar-refractivity contribution is 6.13. The number of rotatable bonds is 6. The normalized spacial score (nSPS) is 11.3. The molecule has 0 saturated heterocycles. The van der Waals surface area contributed by atoms with Gasteiger partial charge in [0, 0.05) is 27.8 Å². The van der Waals surface area contributed by atoms with Crippen LogP contribution in [0.25, 0.3) is 71.6 Å². The van der Waals surface area contributed by atoms with Gasteiger partial charge < -0.3 is 9.88 Å². The summed E-state index contributed by atoms with van der Waals surface area (Å²) in [5.74, 6) is 0. The summed E-state index contributed by atoms with van der Waals surface area (Å²) >= 11 is 0. The van der Waals surface area contributed by atoms with E-state index in [-0.39, 0.29) is 0 Å². The monoisotopic (exact) mass is 612 g/mol. The van der Waals surface area contributed by atoms with Gasteiger partial charge >= 0.3 is 0 Å². The van der Waals surface area contributed by atoms with E-state index < -0.39 is 0 Å². The van der Waals surface area contributed by atoms with Gasteiger partial charge in [-0.15, -0.1) is 0 Å². The molecule has 0 spiro atoms. The largest absolute Gasteiger partial charge is 0.356 e. The molecule has 0 unspecified atom stereocenters. The molecule has 0 amide bonds. The number of para-hydroxylation sites is 1. The maximum absolute atomic E-state index is 3.56. The predicted octanol–water partition coefficient (Wildman–Crippen LogP) is 12.7. The molecule has 1 N–H and O–H groups in total. The van der Waals surface area contributed by atoms with Gasteiger partial charge in [-0.2, -0.15) is 0 Å². The van der Waals surface area contributed by atoms with Crippen LogP contribution in [0.2, 0.25) is 0 Å². The summed E-state index contributed by atoms with van der Waals surface area (Å²) in [5.41, 5.74) is 13.0. The Bertz CT molecular complexity index is 2540. The van der Waals surface area contributed by atoms with E-state index in [0.717, 1.165) is 17.1 Å². The van der Waals surface area contributed by atoms with Gasteiger partial charge in [-0.3, -0.25) is 0 Å². The molecule has 1 aromatic heterocycles. The molecule has 0 atom stereocenters. The first kappa shape index (κ1) is 27.9. The van der Waals surface area contributed by atoms with Crippen molar-refractivity contribution in [2.45, 2.75) is 0 Å². The Morgan fingerprint density at radius 3 is 1.50 bits per heavy atom. The molecule has 2 heteroatoms. The van der Waals surface area contributed by atoms with Gasteiger partial charge in [0.15, 0.2) is 0 Å². The minimum atomic E-state index is 1.06. The van der Waals surface area contributed by atoms with Crippen molar-refractivity contribution in [3.8, 4) is 39.1 Å². The van der Waals surface area contributed by atoms with Crippen LogP contribution in [0.5, 0.6) is 0 Å². The van der Waals surface area contributed by atoms with Crippen LogP contribution in [-0.4, -0.2) is 4.57 Å². The third kappa shape index (κ3) is 5.01. The zero-order valence-corrected chi connectivity index (χ0v) is 26.3. The van der Waals surface area contributed by atoms with Crippen molar-refractivity contribution in [2.75, 3.05) is 5.32 Å². The molecular weight excluding hydrogens is 581 g/mol. The highest BCUT2D eigenvalue weighted by atomic mass is 15.0. The van der Waals surface area contributed by atoms with Crippen molar-refractivity contribution in [1.82, 2.24) is 4.57 Å². The third-order valence-electron chi connectivity index (χ3n) is 9.38. The van der Waals surface area contributed by atoms with Crippen LogP contribution in [0.4, 0.5) is 11.4 Å². The van der Waals surface area contributed by atoms with Gasteiger partial charge in [-0.25, -0.2) is 0 Å². The van der Waals surface area contributed by atoms with Crippen molar-refractivity contribution in [3.63, 3.8) is 0 Å². The molecule has 8 aromatic carbocycles. The average molecular weight is 613 g/mol. The number of benzene rings is 8. The highest BCUT2D eigenvalue weighted by Gasteiger charge is 2.14. The molecule has 226 valence electrons. The van der Waals surface area contributed by atoms with Crippen LogP contribution >= 0.6 is 0 Å². The molecule has 0 radical (unpaired) electrons. The van der Waals surface area contributed by atoms with Gasteiger partial charge in [0.1, 0.15) is 0 Å². The standard InChI is InChI=1S/C46H32N2/c1-2-10-32(11-3-1)33-18-24-38(25-19-33)47-39-26-20-34(21-27-39)41-14-6-7-15-42(41)35-22-28-40(29-23-35)48-45-17-9-8-16-43(45)44-30-36-12-4-5-13-37(36)31-46(44)48/h1-31,47H. The minimum absolute atomic E-state index is 1.06. The first-order chi connectivity index (χ1) is 23.8. The Morgan fingerprint density at radius 2 is 0.833 bits per heavy atom. The molecule has 9 aromatic rings. The third-order valence-corrected chi connectivity index (χ3v) is 9.38. The maximum Gasteiger partial charge on any atom is 0.0547 e. The number of nitrogens with one attached hydrogen (secondary N) is 1. The Hall–Kier alpha value is -6.38. The van der Waals surface area contributed by atoms with Crippen LogP contribution < -0.4 is 5.32 Å². The fraction of sp³-hybridized carbons (Fsp3) is 0. The Kier molecular flexibility index (Phi) is 6.84. The number of hydrogen-bond donors (Lipinski definition) is 1. The Morgan fingerprint density at radius 1 is 0.333 bits per heavy atom. The van der Waals surface area contributed by atoms with E-state index in [1.54, 1.807) is 0 Å². The predicted molar refractivity (Wildman–Crippen MR) is 204 cm³/mol. The average Bonchev–Trinajstić information content (AvgIpc) is 3.48. The second kappa shape index (κ2) is 11.8. The van der Waals surface area contributed by atoms with E-state index in [4.69, 9.17) is 0 Å². The summed E-state index contributed by atoms with van der Waals surface area (Å²) in [5, 5.41) is 8.63. The quantitative estimate of drug-likeness (QED) is 0.198. The first-order valence-corrected chi connectivity index (χ1v) is 16.4. The molecular formula is C46H32N2. The summed E-state index contributed by atoms with van der Waals surface area (Å²) in [6, 6.07) is 67.5. The lowest BCUT2D eigenvalue weighted by molar-refractivity contribution is 1.18. The number of nitrogens with zero attached hydrogens (tertiary/aromatic N) is 1. The van der Waals surface area contributed by atoms with Crippen molar-refractivity contribution >= 4 is 44.0 Å². The topological polar surface area (TPSA) is 17.0 Å². The molecule has 0 fully saturated rings. The summed E-state index contributed by atoms with van der Waals surface area (Å²) in [7, 11) is 0. The molecule has 48 heavy (non-hydrogen) atoms. The van der Waals surface area contributed by atoms with Gasteiger partial charge in [-0.1, -0.05) is 133 Å². The van der Waals surface area contributed by atoms with Crippen LogP contribution in [0.15, 0.2) is 188 Å². The maximum atomic E-state index is 3.56. The van der Waals surface area contributed by atoms with E-state index in [0.29, 0.717) is 0 Å². The lowest BCUT2D eigenvalue weighted by Crippen LogP contribution is -1.94. The van der Waals surface area contributed by atoms with Crippen LogP contribution in [-0.2, 0) is 0 Å². The van der Waals surface area contributed by atoms with E-state index in [9.17, 15) is 0 Å². The van der Waals surface area contributed by atoms with E-state index >= 15 is 0 Å². The molecule has 9 rings (SSSR count). The van der Waals surface area contributed by atoms with Crippen LogP contribution in [0.3, 0.4) is 0 Å². The van der Waals surface area contributed by atoms with E-state index in [2.05, 4.69) is 192 Å². The second-order valence-electron chi connectivity index (χ2n) is 12.3. The smallest absolute Gasteiger partial charge is 0.0547 e. The van der Waals surface area contributed by atoms with Crippen molar-refractivity contribution in [1.29, 1.82) is 0 Å². The molecule has 0 bridgehead atoms. The Labute approximate surface area is 280 Å². The zero-order chi connectivity index (χ0) is 31.9. The van der Waals surface area contributed by atoms with E-state index in [1.807, 2.05) is 6.07 Å². The SMILES string of the molecule is c1ccc(-c2ccc(Nc3ccc(-c4ccccc4-c4ccc(-n5c6ccccc6c6cc7ccccc7cc65)cc4)cc3)cc2)cc1. The molecule has 0 aliphatic rings. The van der Waals surface area contributed by atoms with Crippen molar-refractivity contribution in [3.05, 3.63) is 188 Å². The Balaban J connectivity index is 1.01. The molecule has 0 aliphatic carbocycles. The number of aromatic nitrogens is 1. The van der Waals surface area contributed by atoms with Crippen molar-refractivity contribution in [2.24, 2.45) is 0 Å². The zero-order valence-electron chi connectivity index (χ0n) is 26.3. The first-order valence-electron chi connectivity index (χ1n) is 16.4. The fourth-order valence-electron chi connectivity index (χ4n) is 6.99. The molecule has 1 heterocycles. The number of fused-ring (bicyclic) bond motifs is 4. The fourth-order valence-corrected chi connectivity index (χ4v) is 6.99. The summed E-state index contributed by atoms with van der Waals surface area (Å²) in [6.45, 7) is 0. The molecule has 2 nitrogen and oxygen atoms in total. The number of hydrogen-bond acceptors (Lipinski definition) is 1. The minimum Gasteiger partial charge on any atom is -0.356 e. The van der Waals surface area contributed by atoms with Crippen LogP contribution in [0.1, 0.15) is 0 Å². The number of anilines is 2. The summed E-state index contributed by atoms with van der Waals surface area (Å²) in [4.78, 5) is 0. The lowest BCUT2D eigenvalue weighted by atomic mass is 9.94. The molecule has 0 saturated carbocycles. The summed E-state index contributed by atoms with van der Waals surface area (Å²) < 4.78 is 2.40. The lowest BCUT2D eigenvalue weighted by Gasteiger charge is -2.13. The van der Waals surface area contributed by atoms with Gasteiger partial charge in [0.2, 0.25) is 0 Å².